The lowest BCUT2D eigenvalue weighted by Gasteiger charge is -2.14. The number of thioether (sulfide) groups is 1. The number of nitrogens with zero attached hydrogens (tertiary/aromatic N) is 2. The quantitative estimate of drug-likeness (QED) is 0.443. The molecule has 2 aromatic rings. The van der Waals surface area contributed by atoms with Crippen molar-refractivity contribution >= 4 is 29.5 Å². The Morgan fingerprint density at radius 1 is 1.32 bits per heavy atom. The van der Waals surface area contributed by atoms with Crippen molar-refractivity contribution in [1.82, 2.24) is 15.3 Å². The van der Waals surface area contributed by atoms with Crippen LogP contribution in [0, 0.1) is 0 Å². The zero-order chi connectivity index (χ0) is 18.2. The van der Waals surface area contributed by atoms with E-state index in [2.05, 4.69) is 15.3 Å². The van der Waals surface area contributed by atoms with Gasteiger partial charge in [-0.3, -0.25) is 4.79 Å². The SMILES string of the molecule is CCOC(=O)c1cnc(SCC(=O)N[C@H](C)c2ccccc2)nc1N. The van der Waals surface area contributed by atoms with Crippen LogP contribution in [0.5, 0.6) is 0 Å². The van der Waals surface area contributed by atoms with Gasteiger partial charge in [0.25, 0.3) is 0 Å². The van der Waals surface area contributed by atoms with E-state index in [0.29, 0.717) is 5.16 Å². The molecule has 0 aliphatic rings. The molecule has 0 spiro atoms. The molecular formula is C17H20N4O3S. The zero-order valence-electron chi connectivity index (χ0n) is 14.1. The molecule has 0 aliphatic carbocycles. The van der Waals surface area contributed by atoms with E-state index < -0.39 is 5.97 Å². The molecule has 3 N–H and O–H groups in total. The van der Waals surface area contributed by atoms with Crippen LogP contribution in [-0.4, -0.2) is 34.2 Å². The molecule has 0 aliphatic heterocycles. The first-order valence-electron chi connectivity index (χ1n) is 7.78. The number of rotatable bonds is 7. The number of esters is 1. The standard InChI is InChI=1S/C17H20N4O3S/c1-3-24-16(23)13-9-19-17(21-15(13)18)25-10-14(22)20-11(2)12-7-5-4-6-8-12/h4-9,11H,3,10H2,1-2H3,(H,20,22)(H2,18,19,21)/t11-/m1/s1. The number of nitrogens with one attached hydrogen (secondary N) is 1. The molecule has 132 valence electrons. The van der Waals surface area contributed by atoms with Crippen molar-refractivity contribution in [2.75, 3.05) is 18.1 Å². The lowest BCUT2D eigenvalue weighted by molar-refractivity contribution is -0.119. The molecule has 2 rings (SSSR count). The van der Waals surface area contributed by atoms with Crippen LogP contribution in [0.2, 0.25) is 0 Å². The summed E-state index contributed by atoms with van der Waals surface area (Å²) in [6, 6.07) is 9.59. The van der Waals surface area contributed by atoms with E-state index in [1.54, 1.807) is 6.92 Å². The van der Waals surface area contributed by atoms with Gasteiger partial charge in [-0.25, -0.2) is 14.8 Å². The maximum absolute atomic E-state index is 12.1. The van der Waals surface area contributed by atoms with Gasteiger partial charge in [-0.05, 0) is 19.4 Å². The minimum atomic E-state index is -0.564. The summed E-state index contributed by atoms with van der Waals surface area (Å²) in [4.78, 5) is 31.8. The van der Waals surface area contributed by atoms with E-state index in [1.165, 1.54) is 6.20 Å². The average molecular weight is 360 g/mol. The lowest BCUT2D eigenvalue weighted by atomic mass is 10.1. The van der Waals surface area contributed by atoms with E-state index in [4.69, 9.17) is 10.5 Å². The molecule has 25 heavy (non-hydrogen) atoms. The Kier molecular flexibility index (Phi) is 6.76. The van der Waals surface area contributed by atoms with Crippen LogP contribution in [0.3, 0.4) is 0 Å². The first-order chi connectivity index (χ1) is 12.0. The number of ether oxygens (including phenoxy) is 1. The molecule has 0 saturated heterocycles. The Bertz CT molecular complexity index is 740. The van der Waals surface area contributed by atoms with Gasteiger partial charge < -0.3 is 15.8 Å². The number of hydrogen-bond donors (Lipinski definition) is 2. The molecule has 0 fully saturated rings. The second-order valence-corrected chi connectivity index (χ2v) is 6.10. The molecule has 1 amide bonds. The van der Waals surface area contributed by atoms with Gasteiger partial charge in [-0.15, -0.1) is 0 Å². The van der Waals surface area contributed by atoms with Crippen molar-refractivity contribution in [3.63, 3.8) is 0 Å². The Morgan fingerprint density at radius 2 is 2.04 bits per heavy atom. The summed E-state index contributed by atoms with van der Waals surface area (Å²) < 4.78 is 4.86. The Hall–Kier alpha value is -2.61. The van der Waals surface area contributed by atoms with Gasteiger partial charge in [0.15, 0.2) is 5.16 Å². The first kappa shape index (κ1) is 18.7. The van der Waals surface area contributed by atoms with Gasteiger partial charge >= 0.3 is 5.97 Å². The van der Waals surface area contributed by atoms with Crippen molar-refractivity contribution in [3.05, 3.63) is 47.7 Å². The summed E-state index contributed by atoms with van der Waals surface area (Å²) in [5, 5.41) is 3.23. The Morgan fingerprint density at radius 3 is 2.68 bits per heavy atom. The number of aromatic nitrogens is 2. The number of anilines is 1. The summed E-state index contributed by atoms with van der Waals surface area (Å²) in [6.07, 6.45) is 1.31. The third-order valence-corrected chi connectivity index (χ3v) is 4.16. The summed E-state index contributed by atoms with van der Waals surface area (Å²) in [5.74, 6) is -0.520. The van der Waals surface area contributed by atoms with Crippen LogP contribution < -0.4 is 11.1 Å². The summed E-state index contributed by atoms with van der Waals surface area (Å²) >= 11 is 1.15. The number of hydrogen-bond acceptors (Lipinski definition) is 7. The van der Waals surface area contributed by atoms with E-state index in [0.717, 1.165) is 17.3 Å². The maximum Gasteiger partial charge on any atom is 0.343 e. The largest absolute Gasteiger partial charge is 0.462 e. The predicted octanol–water partition coefficient (Wildman–Crippen LogP) is 2.21. The van der Waals surface area contributed by atoms with E-state index in [1.807, 2.05) is 37.3 Å². The van der Waals surface area contributed by atoms with Crippen molar-refractivity contribution in [2.24, 2.45) is 0 Å². The highest BCUT2D eigenvalue weighted by atomic mass is 32.2. The summed E-state index contributed by atoms with van der Waals surface area (Å²) in [6.45, 7) is 3.86. The molecule has 1 heterocycles. The topological polar surface area (TPSA) is 107 Å². The third-order valence-electron chi connectivity index (χ3n) is 3.30. The molecule has 1 atom stereocenters. The molecule has 1 aromatic carbocycles. The number of nitrogen functional groups attached to an aromatic ring is 1. The van der Waals surface area contributed by atoms with Gasteiger partial charge in [0, 0.05) is 6.20 Å². The Balaban J connectivity index is 1.89. The normalized spacial score (nSPS) is 11.6. The number of carbonyl (C=O) groups excluding carboxylic acids is 2. The zero-order valence-corrected chi connectivity index (χ0v) is 14.9. The number of benzene rings is 1. The smallest absolute Gasteiger partial charge is 0.343 e. The number of amides is 1. The highest BCUT2D eigenvalue weighted by Crippen LogP contribution is 2.18. The average Bonchev–Trinajstić information content (AvgIpc) is 2.61. The fourth-order valence-electron chi connectivity index (χ4n) is 2.05. The molecule has 8 heteroatoms. The minimum absolute atomic E-state index is 0.0361. The summed E-state index contributed by atoms with van der Waals surface area (Å²) in [5.41, 5.74) is 6.90. The van der Waals surface area contributed by atoms with E-state index >= 15 is 0 Å². The van der Waals surface area contributed by atoms with Crippen molar-refractivity contribution < 1.29 is 14.3 Å². The van der Waals surface area contributed by atoms with Crippen molar-refractivity contribution in [3.8, 4) is 0 Å². The van der Waals surface area contributed by atoms with Gasteiger partial charge in [0.2, 0.25) is 5.91 Å². The van der Waals surface area contributed by atoms with Crippen LogP contribution in [-0.2, 0) is 9.53 Å². The minimum Gasteiger partial charge on any atom is -0.462 e. The highest BCUT2D eigenvalue weighted by molar-refractivity contribution is 7.99. The van der Waals surface area contributed by atoms with Crippen LogP contribution in [0.25, 0.3) is 0 Å². The second-order valence-electron chi connectivity index (χ2n) is 5.16. The monoisotopic (exact) mass is 360 g/mol. The number of carbonyl (C=O) groups is 2. The van der Waals surface area contributed by atoms with Crippen LogP contribution in [0.15, 0.2) is 41.7 Å². The highest BCUT2D eigenvalue weighted by Gasteiger charge is 2.15. The van der Waals surface area contributed by atoms with Gasteiger partial charge in [-0.1, -0.05) is 42.1 Å². The van der Waals surface area contributed by atoms with E-state index in [9.17, 15) is 9.59 Å². The maximum atomic E-state index is 12.1. The first-order valence-corrected chi connectivity index (χ1v) is 8.76. The molecular weight excluding hydrogens is 340 g/mol. The lowest BCUT2D eigenvalue weighted by Crippen LogP contribution is -2.28. The molecule has 0 radical (unpaired) electrons. The van der Waals surface area contributed by atoms with Crippen LogP contribution >= 0.6 is 11.8 Å². The van der Waals surface area contributed by atoms with Crippen LogP contribution in [0.4, 0.5) is 5.82 Å². The van der Waals surface area contributed by atoms with Crippen molar-refractivity contribution in [1.29, 1.82) is 0 Å². The van der Waals surface area contributed by atoms with Gasteiger partial charge in [0.05, 0.1) is 18.4 Å². The van der Waals surface area contributed by atoms with Crippen LogP contribution in [0.1, 0.15) is 35.8 Å². The molecule has 7 nitrogen and oxygen atoms in total. The van der Waals surface area contributed by atoms with E-state index in [-0.39, 0.29) is 35.7 Å². The summed E-state index contributed by atoms with van der Waals surface area (Å²) in [7, 11) is 0. The predicted molar refractivity (Wildman–Crippen MR) is 96.1 cm³/mol. The fourth-order valence-corrected chi connectivity index (χ4v) is 2.69. The Labute approximate surface area is 150 Å². The molecule has 0 saturated carbocycles. The third kappa shape index (κ3) is 5.46. The fraction of sp³-hybridized carbons (Fsp3) is 0.294. The number of nitrogens with two attached hydrogens (primary N) is 1. The molecule has 0 bridgehead atoms. The second kappa shape index (κ2) is 9.03. The van der Waals surface area contributed by atoms with Gasteiger partial charge in [0.1, 0.15) is 11.4 Å². The van der Waals surface area contributed by atoms with Gasteiger partial charge in [-0.2, -0.15) is 0 Å². The molecule has 0 unspecified atom stereocenters. The molecule has 1 aromatic heterocycles. The van der Waals surface area contributed by atoms with Crippen molar-refractivity contribution in [2.45, 2.75) is 25.0 Å².